The van der Waals surface area contributed by atoms with Gasteiger partial charge in [-0.3, -0.25) is 0 Å². The number of hydrogen-bond donors (Lipinski definition) is 0. The van der Waals surface area contributed by atoms with Crippen LogP contribution in [0.5, 0.6) is 0 Å². The average Bonchev–Trinajstić information content (AvgIpc) is 2.92. The molecule has 21 heavy (non-hydrogen) atoms. The second-order valence-electron chi connectivity index (χ2n) is 4.91. The number of carbonyl (C=O) groups excluding carboxylic acids is 1. The number of nitrogens with zero attached hydrogens (tertiary/aromatic N) is 1. The van der Waals surface area contributed by atoms with Crippen LogP contribution < -0.4 is 0 Å². The zero-order chi connectivity index (χ0) is 14.8. The molecule has 0 saturated carbocycles. The molecule has 106 valence electrons. The van der Waals surface area contributed by atoms with E-state index in [1.165, 1.54) is 12.7 Å². The summed E-state index contributed by atoms with van der Waals surface area (Å²) in [6.07, 6.45) is 0. The lowest BCUT2D eigenvalue weighted by Gasteiger charge is -2.08. The summed E-state index contributed by atoms with van der Waals surface area (Å²) in [7, 11) is 1.40. The summed E-state index contributed by atoms with van der Waals surface area (Å²) in [6, 6.07) is 18.1. The van der Waals surface area contributed by atoms with Gasteiger partial charge < -0.3 is 9.30 Å². The van der Waals surface area contributed by atoms with Crippen LogP contribution >= 0.6 is 0 Å². The fourth-order valence-corrected chi connectivity index (χ4v) is 2.69. The van der Waals surface area contributed by atoms with Gasteiger partial charge in [-0.15, -0.1) is 0 Å². The highest BCUT2D eigenvalue weighted by molar-refractivity contribution is 5.96. The Balaban J connectivity index is 2.22. The van der Waals surface area contributed by atoms with Crippen LogP contribution in [0, 0.1) is 0 Å². The smallest absolute Gasteiger partial charge is 0.337 e. The number of hydrogen-bond acceptors (Lipinski definition) is 2. The Morgan fingerprint density at radius 3 is 2.52 bits per heavy atom. The number of esters is 1. The van der Waals surface area contributed by atoms with Crippen LogP contribution in [0.2, 0.25) is 0 Å². The maximum atomic E-state index is 11.7. The van der Waals surface area contributed by atoms with E-state index in [1.807, 2.05) is 36.4 Å². The summed E-state index contributed by atoms with van der Waals surface area (Å²) in [4.78, 5) is 11.7. The molecule has 1 heterocycles. The Morgan fingerprint density at radius 1 is 1.10 bits per heavy atom. The number of rotatable bonds is 3. The number of ether oxygens (including phenoxy) is 1. The normalized spacial score (nSPS) is 10.8. The molecule has 0 spiro atoms. The van der Waals surface area contributed by atoms with E-state index < -0.39 is 0 Å². The van der Waals surface area contributed by atoms with Crippen LogP contribution in [-0.2, 0) is 11.3 Å². The highest BCUT2D eigenvalue weighted by Gasteiger charge is 2.12. The number of fused-ring (bicyclic) bond motifs is 1. The summed E-state index contributed by atoms with van der Waals surface area (Å²) < 4.78 is 7.02. The SMILES string of the molecule is CCn1c(-c2ccccc2)cc2ccc(C(=O)OC)cc21. The number of benzene rings is 2. The second-order valence-corrected chi connectivity index (χ2v) is 4.91. The van der Waals surface area contributed by atoms with Gasteiger partial charge in [0.1, 0.15) is 0 Å². The molecule has 0 amide bonds. The summed E-state index contributed by atoms with van der Waals surface area (Å²) in [5.41, 5.74) is 3.97. The molecule has 3 heteroatoms. The van der Waals surface area contributed by atoms with E-state index in [2.05, 4.69) is 29.7 Å². The molecule has 0 radical (unpaired) electrons. The van der Waals surface area contributed by atoms with Gasteiger partial charge in [0.15, 0.2) is 0 Å². The van der Waals surface area contributed by atoms with Crippen molar-refractivity contribution in [2.45, 2.75) is 13.5 Å². The van der Waals surface area contributed by atoms with Crippen molar-refractivity contribution < 1.29 is 9.53 Å². The first-order valence-corrected chi connectivity index (χ1v) is 7.01. The lowest BCUT2D eigenvalue weighted by atomic mass is 10.1. The zero-order valence-corrected chi connectivity index (χ0v) is 12.2. The van der Waals surface area contributed by atoms with Gasteiger partial charge >= 0.3 is 5.97 Å². The lowest BCUT2D eigenvalue weighted by Crippen LogP contribution is -2.02. The molecular weight excluding hydrogens is 262 g/mol. The predicted octanol–water partition coefficient (Wildman–Crippen LogP) is 4.11. The first-order chi connectivity index (χ1) is 10.2. The van der Waals surface area contributed by atoms with Crippen molar-refractivity contribution in [3.8, 4) is 11.3 Å². The van der Waals surface area contributed by atoms with E-state index >= 15 is 0 Å². The quantitative estimate of drug-likeness (QED) is 0.675. The van der Waals surface area contributed by atoms with Gasteiger partial charge in [0.05, 0.1) is 12.7 Å². The average molecular weight is 279 g/mol. The van der Waals surface area contributed by atoms with Gasteiger partial charge in [0.2, 0.25) is 0 Å². The standard InChI is InChI=1S/C18H17NO2/c1-3-19-16(13-7-5-4-6-8-13)11-14-9-10-15(12-17(14)19)18(20)21-2/h4-12H,3H2,1-2H3. The van der Waals surface area contributed by atoms with Gasteiger partial charge in [0.25, 0.3) is 0 Å². The molecule has 0 aliphatic rings. The Kier molecular flexibility index (Phi) is 3.48. The van der Waals surface area contributed by atoms with Gasteiger partial charge in [-0.1, -0.05) is 36.4 Å². The third kappa shape index (κ3) is 2.31. The monoisotopic (exact) mass is 279 g/mol. The van der Waals surface area contributed by atoms with Gasteiger partial charge in [-0.25, -0.2) is 4.79 Å². The van der Waals surface area contributed by atoms with Crippen molar-refractivity contribution >= 4 is 16.9 Å². The maximum absolute atomic E-state index is 11.7. The minimum Gasteiger partial charge on any atom is -0.465 e. The van der Waals surface area contributed by atoms with Crippen molar-refractivity contribution in [2.24, 2.45) is 0 Å². The molecule has 0 saturated heterocycles. The molecule has 3 rings (SSSR count). The molecule has 3 aromatic rings. The van der Waals surface area contributed by atoms with Crippen LogP contribution in [0.4, 0.5) is 0 Å². The molecule has 3 nitrogen and oxygen atoms in total. The number of aryl methyl sites for hydroxylation is 1. The molecule has 0 N–H and O–H groups in total. The molecule has 0 aliphatic carbocycles. The van der Waals surface area contributed by atoms with Gasteiger partial charge in [-0.2, -0.15) is 0 Å². The van der Waals surface area contributed by atoms with Crippen molar-refractivity contribution in [3.05, 3.63) is 60.2 Å². The Labute approximate surface area is 123 Å². The first-order valence-electron chi connectivity index (χ1n) is 7.01. The number of carbonyl (C=O) groups is 1. The second kappa shape index (κ2) is 5.44. The van der Waals surface area contributed by atoms with E-state index in [0.717, 1.165) is 23.1 Å². The number of methoxy groups -OCH3 is 1. The minimum absolute atomic E-state index is 0.304. The van der Waals surface area contributed by atoms with Crippen molar-refractivity contribution in [1.82, 2.24) is 4.57 Å². The van der Waals surface area contributed by atoms with Gasteiger partial charge in [-0.05, 0) is 30.7 Å². The van der Waals surface area contributed by atoms with Gasteiger partial charge in [0, 0.05) is 23.1 Å². The molecule has 0 unspecified atom stereocenters. The molecule has 1 aromatic heterocycles. The van der Waals surface area contributed by atoms with E-state index in [9.17, 15) is 4.79 Å². The fraction of sp³-hybridized carbons (Fsp3) is 0.167. The van der Waals surface area contributed by atoms with E-state index in [-0.39, 0.29) is 5.97 Å². The van der Waals surface area contributed by atoms with Crippen LogP contribution in [0.15, 0.2) is 54.6 Å². The predicted molar refractivity (Wildman–Crippen MR) is 84.4 cm³/mol. The fourth-order valence-electron chi connectivity index (χ4n) is 2.69. The Bertz CT molecular complexity index is 788. The van der Waals surface area contributed by atoms with Crippen molar-refractivity contribution in [2.75, 3.05) is 7.11 Å². The molecular formula is C18H17NO2. The third-order valence-electron chi connectivity index (χ3n) is 3.71. The molecule has 0 fully saturated rings. The minimum atomic E-state index is -0.304. The van der Waals surface area contributed by atoms with Crippen LogP contribution in [0.1, 0.15) is 17.3 Å². The number of aromatic nitrogens is 1. The van der Waals surface area contributed by atoms with E-state index in [0.29, 0.717) is 5.56 Å². The third-order valence-corrected chi connectivity index (χ3v) is 3.71. The maximum Gasteiger partial charge on any atom is 0.337 e. The first kappa shape index (κ1) is 13.4. The summed E-state index contributed by atoms with van der Waals surface area (Å²) >= 11 is 0. The highest BCUT2D eigenvalue weighted by Crippen LogP contribution is 2.29. The van der Waals surface area contributed by atoms with E-state index in [1.54, 1.807) is 0 Å². The lowest BCUT2D eigenvalue weighted by molar-refractivity contribution is 0.0601. The molecule has 0 atom stereocenters. The Hall–Kier alpha value is -2.55. The largest absolute Gasteiger partial charge is 0.465 e. The molecule has 0 aliphatic heterocycles. The molecule has 0 bridgehead atoms. The van der Waals surface area contributed by atoms with Crippen LogP contribution in [0.3, 0.4) is 0 Å². The summed E-state index contributed by atoms with van der Waals surface area (Å²) in [5.74, 6) is -0.304. The molecule has 2 aromatic carbocycles. The summed E-state index contributed by atoms with van der Waals surface area (Å²) in [5, 5.41) is 1.13. The Morgan fingerprint density at radius 2 is 1.86 bits per heavy atom. The van der Waals surface area contributed by atoms with Crippen LogP contribution in [0.25, 0.3) is 22.2 Å². The van der Waals surface area contributed by atoms with Crippen LogP contribution in [-0.4, -0.2) is 17.6 Å². The topological polar surface area (TPSA) is 31.2 Å². The van der Waals surface area contributed by atoms with E-state index in [4.69, 9.17) is 4.74 Å². The van der Waals surface area contributed by atoms with Crippen molar-refractivity contribution in [3.63, 3.8) is 0 Å². The zero-order valence-electron chi connectivity index (χ0n) is 12.2. The summed E-state index contributed by atoms with van der Waals surface area (Å²) in [6.45, 7) is 2.95. The highest BCUT2D eigenvalue weighted by atomic mass is 16.5. The van der Waals surface area contributed by atoms with Crippen molar-refractivity contribution in [1.29, 1.82) is 0 Å².